The number of ether oxygens (including phenoxy) is 5. The Morgan fingerprint density at radius 3 is 2.21 bits per heavy atom. The summed E-state index contributed by atoms with van der Waals surface area (Å²) in [5.74, 6) is -1.68. The second-order valence-electron chi connectivity index (χ2n) is 6.23. The summed E-state index contributed by atoms with van der Waals surface area (Å²) in [6.45, 7) is 4.32. The summed E-state index contributed by atoms with van der Waals surface area (Å²) in [4.78, 5) is 36.7. The van der Waals surface area contributed by atoms with Crippen molar-refractivity contribution in [2.45, 2.75) is 71.1 Å². The van der Waals surface area contributed by atoms with Crippen molar-refractivity contribution >= 4 is 17.9 Å². The number of esters is 3. The standard InChI is InChI=1S/C17H27N3O8/c1-11(21)25-10-14-15(26-12(2)22)16(27-13(3)23)17(28-14)24-9-7-5-4-6-8-19-20-18/h14-17H,4-10H2,1-3H3/t14-,15?,16+,17-/m1/s1. The smallest absolute Gasteiger partial charge is 0.303 e. The molecule has 11 heteroatoms. The molecule has 0 aromatic rings. The van der Waals surface area contributed by atoms with Crippen LogP contribution in [-0.2, 0) is 38.1 Å². The molecule has 11 nitrogen and oxygen atoms in total. The van der Waals surface area contributed by atoms with Crippen molar-refractivity contribution in [1.29, 1.82) is 0 Å². The van der Waals surface area contributed by atoms with Crippen LogP contribution in [0.5, 0.6) is 0 Å². The maximum Gasteiger partial charge on any atom is 0.303 e. The molecule has 1 fully saturated rings. The summed E-state index contributed by atoms with van der Waals surface area (Å²) < 4.78 is 26.8. The molecule has 0 saturated carbocycles. The number of rotatable bonds is 12. The van der Waals surface area contributed by atoms with E-state index in [1.165, 1.54) is 20.8 Å². The molecule has 0 radical (unpaired) electrons. The fourth-order valence-electron chi connectivity index (χ4n) is 2.69. The molecule has 4 atom stereocenters. The van der Waals surface area contributed by atoms with Gasteiger partial charge < -0.3 is 23.7 Å². The van der Waals surface area contributed by atoms with E-state index in [1.807, 2.05) is 0 Å². The lowest BCUT2D eigenvalue weighted by atomic mass is 10.1. The number of unbranched alkanes of at least 4 members (excludes halogenated alkanes) is 3. The molecule has 0 aromatic carbocycles. The topological polar surface area (TPSA) is 146 Å². The van der Waals surface area contributed by atoms with Crippen molar-refractivity contribution < 1.29 is 38.1 Å². The molecule has 0 N–H and O–H groups in total. The van der Waals surface area contributed by atoms with Crippen molar-refractivity contribution in [2.24, 2.45) is 5.11 Å². The van der Waals surface area contributed by atoms with Crippen molar-refractivity contribution in [2.75, 3.05) is 19.8 Å². The van der Waals surface area contributed by atoms with Gasteiger partial charge in [0.25, 0.3) is 0 Å². The van der Waals surface area contributed by atoms with Crippen LogP contribution in [0.4, 0.5) is 0 Å². The lowest BCUT2D eigenvalue weighted by Crippen LogP contribution is -2.41. The molecular weight excluding hydrogens is 374 g/mol. The van der Waals surface area contributed by atoms with Gasteiger partial charge in [-0.1, -0.05) is 18.0 Å². The average Bonchev–Trinajstić information content (AvgIpc) is 2.91. The Hall–Kier alpha value is -2.36. The Balaban J connectivity index is 2.61. The zero-order valence-electron chi connectivity index (χ0n) is 16.4. The molecular formula is C17H27N3O8. The highest BCUT2D eigenvalue weighted by molar-refractivity contribution is 5.67. The van der Waals surface area contributed by atoms with Crippen LogP contribution in [0, 0.1) is 0 Å². The van der Waals surface area contributed by atoms with E-state index >= 15 is 0 Å². The van der Waals surface area contributed by atoms with E-state index in [0.29, 0.717) is 13.2 Å². The van der Waals surface area contributed by atoms with E-state index in [2.05, 4.69) is 10.0 Å². The summed E-state index contributed by atoms with van der Waals surface area (Å²) in [6, 6.07) is 0. The molecule has 28 heavy (non-hydrogen) atoms. The van der Waals surface area contributed by atoms with Crippen molar-refractivity contribution in [1.82, 2.24) is 0 Å². The number of hydrogen-bond donors (Lipinski definition) is 0. The number of nitrogens with zero attached hydrogens (tertiary/aromatic N) is 3. The minimum absolute atomic E-state index is 0.162. The Labute approximate surface area is 163 Å². The van der Waals surface area contributed by atoms with E-state index in [1.54, 1.807) is 0 Å². The average molecular weight is 401 g/mol. The van der Waals surface area contributed by atoms with Gasteiger partial charge in [-0.05, 0) is 18.4 Å². The minimum atomic E-state index is -0.966. The molecule has 1 saturated heterocycles. The van der Waals surface area contributed by atoms with Gasteiger partial charge >= 0.3 is 17.9 Å². The molecule has 1 aliphatic heterocycles. The first kappa shape index (κ1) is 23.7. The fraction of sp³-hybridized carbons (Fsp3) is 0.824. The second-order valence-corrected chi connectivity index (χ2v) is 6.23. The van der Waals surface area contributed by atoms with Gasteiger partial charge in [0.1, 0.15) is 12.7 Å². The maximum absolute atomic E-state index is 11.5. The largest absolute Gasteiger partial charge is 0.463 e. The van der Waals surface area contributed by atoms with E-state index < -0.39 is 42.5 Å². The quantitative estimate of drug-likeness (QED) is 0.120. The van der Waals surface area contributed by atoms with Gasteiger partial charge in [0.2, 0.25) is 0 Å². The van der Waals surface area contributed by atoms with Gasteiger partial charge in [0, 0.05) is 38.8 Å². The summed E-state index contributed by atoms with van der Waals surface area (Å²) >= 11 is 0. The first-order valence-corrected chi connectivity index (χ1v) is 9.11. The Morgan fingerprint density at radius 2 is 1.61 bits per heavy atom. The molecule has 1 heterocycles. The third-order valence-electron chi connectivity index (χ3n) is 3.82. The highest BCUT2D eigenvalue weighted by atomic mass is 16.7. The van der Waals surface area contributed by atoms with Crippen molar-refractivity contribution in [3.63, 3.8) is 0 Å². The van der Waals surface area contributed by atoms with Gasteiger partial charge in [-0.3, -0.25) is 14.4 Å². The van der Waals surface area contributed by atoms with Crippen LogP contribution in [0.3, 0.4) is 0 Å². The molecule has 1 aliphatic rings. The molecule has 0 aliphatic carbocycles. The van der Waals surface area contributed by atoms with E-state index in [4.69, 9.17) is 29.2 Å². The van der Waals surface area contributed by atoms with Crippen molar-refractivity contribution in [3.8, 4) is 0 Å². The second kappa shape index (κ2) is 12.9. The SMILES string of the molecule is CC(=O)OC[C@H]1O[C@@H](OCCCCCCN=[N+]=[N-])[C@@H](OC(C)=O)C1OC(C)=O. The third-order valence-corrected chi connectivity index (χ3v) is 3.82. The highest BCUT2D eigenvalue weighted by Crippen LogP contribution is 2.28. The highest BCUT2D eigenvalue weighted by Gasteiger charge is 2.50. The summed E-state index contributed by atoms with van der Waals surface area (Å²) in [5.41, 5.74) is 8.21. The van der Waals surface area contributed by atoms with Gasteiger partial charge in [-0.15, -0.1) is 0 Å². The first-order valence-electron chi connectivity index (χ1n) is 9.11. The predicted molar refractivity (Wildman–Crippen MR) is 94.8 cm³/mol. The minimum Gasteiger partial charge on any atom is -0.463 e. The van der Waals surface area contributed by atoms with E-state index in [-0.39, 0.29) is 6.61 Å². The number of azide groups is 1. The van der Waals surface area contributed by atoms with Crippen LogP contribution in [-0.4, -0.2) is 62.3 Å². The Kier molecular flexibility index (Phi) is 10.9. The normalized spacial score (nSPS) is 23.5. The van der Waals surface area contributed by atoms with Crippen LogP contribution >= 0.6 is 0 Å². The Bertz CT molecular complexity index is 579. The lowest BCUT2D eigenvalue weighted by Gasteiger charge is -2.23. The van der Waals surface area contributed by atoms with E-state index in [9.17, 15) is 14.4 Å². The summed E-state index contributed by atoms with van der Waals surface area (Å²) in [5, 5.41) is 3.46. The Morgan fingerprint density at radius 1 is 0.964 bits per heavy atom. The number of carbonyl (C=O) groups excluding carboxylic acids is 3. The van der Waals surface area contributed by atoms with Gasteiger partial charge in [-0.25, -0.2) is 0 Å². The van der Waals surface area contributed by atoms with Crippen LogP contribution in [0.25, 0.3) is 10.4 Å². The van der Waals surface area contributed by atoms with Gasteiger partial charge in [0.15, 0.2) is 18.5 Å². The van der Waals surface area contributed by atoms with Crippen LogP contribution in [0.15, 0.2) is 5.11 Å². The lowest BCUT2D eigenvalue weighted by molar-refractivity contribution is -0.190. The zero-order valence-corrected chi connectivity index (χ0v) is 16.4. The number of hydrogen-bond acceptors (Lipinski definition) is 9. The predicted octanol–water partition coefficient (Wildman–Crippen LogP) is 2.03. The summed E-state index contributed by atoms with van der Waals surface area (Å²) in [6.07, 6.45) is -0.429. The molecule has 158 valence electrons. The third kappa shape index (κ3) is 9.03. The van der Waals surface area contributed by atoms with E-state index in [0.717, 1.165) is 25.7 Å². The number of carbonyl (C=O) groups is 3. The maximum atomic E-state index is 11.5. The molecule has 0 spiro atoms. The molecule has 0 aromatic heterocycles. The van der Waals surface area contributed by atoms with Gasteiger partial charge in [0.05, 0.1) is 0 Å². The van der Waals surface area contributed by atoms with Gasteiger partial charge in [-0.2, -0.15) is 0 Å². The molecule has 0 amide bonds. The van der Waals surface area contributed by atoms with Crippen LogP contribution in [0.1, 0.15) is 46.5 Å². The van der Waals surface area contributed by atoms with Crippen LogP contribution < -0.4 is 0 Å². The summed E-state index contributed by atoms with van der Waals surface area (Å²) in [7, 11) is 0. The molecule has 1 unspecified atom stereocenters. The van der Waals surface area contributed by atoms with Crippen molar-refractivity contribution in [3.05, 3.63) is 10.4 Å². The monoisotopic (exact) mass is 401 g/mol. The van der Waals surface area contributed by atoms with Crippen LogP contribution in [0.2, 0.25) is 0 Å². The molecule has 1 rings (SSSR count). The zero-order chi connectivity index (χ0) is 20.9. The fourth-order valence-corrected chi connectivity index (χ4v) is 2.69. The molecule has 0 bridgehead atoms. The first-order chi connectivity index (χ1) is 13.3.